The third-order valence-electron chi connectivity index (χ3n) is 7.84. The Bertz CT molecular complexity index is 1990. The third-order valence-corrected chi connectivity index (χ3v) is 9.00. The van der Waals surface area contributed by atoms with Gasteiger partial charge in [0.05, 0.1) is 11.8 Å². The highest BCUT2D eigenvalue weighted by molar-refractivity contribution is 7.85. The van der Waals surface area contributed by atoms with E-state index >= 15 is 0 Å². The average Bonchev–Trinajstić information content (AvgIpc) is 3.47. The number of anilines is 1. The molecule has 3 aromatic carbocycles. The lowest BCUT2D eigenvalue weighted by Gasteiger charge is -2.25. The van der Waals surface area contributed by atoms with E-state index in [1.165, 1.54) is 9.47 Å². The molecule has 0 amide bonds. The molecule has 1 aliphatic heterocycles. The summed E-state index contributed by atoms with van der Waals surface area (Å²) in [5, 5.41) is 0. The van der Waals surface area contributed by atoms with Crippen molar-refractivity contribution in [2.24, 2.45) is 0 Å². The number of allylic oxidation sites excluding steroid dienone is 2. The molecule has 0 radical (unpaired) electrons. The first-order valence-electron chi connectivity index (χ1n) is 14.1. The Kier molecular flexibility index (Phi) is 8.47. The van der Waals surface area contributed by atoms with Crippen LogP contribution in [-0.2, 0) is 31.5 Å². The fourth-order valence-corrected chi connectivity index (χ4v) is 6.18. The molecule has 0 atom stereocenters. The second kappa shape index (κ2) is 11.8. The maximum absolute atomic E-state index is 12.1. The molecule has 232 valence electrons. The van der Waals surface area contributed by atoms with Gasteiger partial charge in [-0.2, -0.15) is 8.42 Å². The Balaban J connectivity index is 1.61. The molecule has 1 aromatic heterocycles. The van der Waals surface area contributed by atoms with E-state index in [2.05, 4.69) is 20.8 Å². The molecule has 0 bridgehead atoms. The van der Waals surface area contributed by atoms with Crippen LogP contribution >= 0.6 is 0 Å². The van der Waals surface area contributed by atoms with Gasteiger partial charge < -0.3 is 13.7 Å². The summed E-state index contributed by atoms with van der Waals surface area (Å²) in [4.78, 5) is 1.33. The molecule has 44 heavy (non-hydrogen) atoms. The van der Waals surface area contributed by atoms with E-state index in [4.69, 9.17) is 9.15 Å². The number of fused-ring (bicyclic) bond motifs is 2. The van der Waals surface area contributed by atoms with E-state index in [-0.39, 0.29) is 17.2 Å². The van der Waals surface area contributed by atoms with Gasteiger partial charge in [0.2, 0.25) is 11.5 Å². The van der Waals surface area contributed by atoms with Crippen LogP contribution in [0, 0.1) is 0 Å². The number of rotatable bonds is 10. The predicted molar refractivity (Wildman–Crippen MR) is 167 cm³/mol. The van der Waals surface area contributed by atoms with E-state index in [9.17, 15) is 25.9 Å². The van der Waals surface area contributed by atoms with Crippen LogP contribution in [0.5, 0.6) is 5.75 Å². The first-order chi connectivity index (χ1) is 20.7. The van der Waals surface area contributed by atoms with Crippen molar-refractivity contribution in [1.82, 2.24) is 0 Å². The first-order valence-corrected chi connectivity index (χ1v) is 17.3. The molecule has 0 saturated carbocycles. The minimum atomic E-state index is -4.69. The molecule has 1 N–H and O–H groups in total. The highest BCUT2D eigenvalue weighted by Crippen LogP contribution is 2.43. The molecule has 12 heteroatoms. The summed E-state index contributed by atoms with van der Waals surface area (Å²) in [6.45, 7) is 8.06. The van der Waals surface area contributed by atoms with Crippen molar-refractivity contribution < 1.29 is 39.7 Å². The van der Waals surface area contributed by atoms with Crippen LogP contribution in [0.2, 0.25) is 0 Å². The number of hydrogen-bond acceptors (Lipinski definition) is 8. The van der Waals surface area contributed by atoms with Crippen molar-refractivity contribution in [1.29, 1.82) is 0 Å². The second-order valence-corrected chi connectivity index (χ2v) is 14.1. The standard InChI is InChI=1S/C32H34N2O8S2/c1-5-22(17-31-34(21-44(38,39)40)27-19-25(32(3,4)6-2)13-15-29(27)42-31)16-30-33(20-43(35,36)37)26-18-24(12-14-28(26)41-30)23-10-8-7-9-11-23/h7-19H,5-6,20-21H2,1-4H3,(H-,35,36,37,38,39,40). The van der Waals surface area contributed by atoms with Crippen molar-refractivity contribution >= 4 is 43.1 Å². The second-order valence-electron chi connectivity index (χ2n) is 11.3. The van der Waals surface area contributed by atoms with Crippen LogP contribution in [0.15, 0.2) is 88.7 Å². The average molecular weight is 639 g/mol. The van der Waals surface area contributed by atoms with Gasteiger partial charge in [0.15, 0.2) is 5.75 Å². The lowest BCUT2D eigenvalue weighted by atomic mass is 9.82. The molecule has 0 saturated heterocycles. The van der Waals surface area contributed by atoms with Gasteiger partial charge in [0.1, 0.15) is 16.0 Å². The number of oxazole rings is 1. The summed E-state index contributed by atoms with van der Waals surface area (Å²) < 4.78 is 83.2. The quantitative estimate of drug-likeness (QED) is 0.165. The first kappa shape index (κ1) is 31.5. The number of benzene rings is 3. The van der Waals surface area contributed by atoms with Crippen molar-refractivity contribution in [3.8, 4) is 16.9 Å². The third kappa shape index (κ3) is 6.88. The maximum atomic E-state index is 12.1. The summed E-state index contributed by atoms with van der Waals surface area (Å²) in [7, 11) is -9.15. The van der Waals surface area contributed by atoms with Crippen LogP contribution < -0.4 is 14.2 Å². The molecular formula is C32H34N2O8S2. The van der Waals surface area contributed by atoms with Gasteiger partial charge in [-0.05, 0) is 58.7 Å². The molecule has 5 rings (SSSR count). The molecule has 1 aliphatic rings. The zero-order valence-corrected chi connectivity index (χ0v) is 26.5. The largest absolute Gasteiger partial charge is 0.747 e. The molecule has 0 spiro atoms. The van der Waals surface area contributed by atoms with E-state index < -0.39 is 32.0 Å². The SMILES string of the molecule is CCC(=Cc1oc2ccc(-c3ccccc3)cc2[n+]1CS(=O)(=O)O)C=C1Oc2ccc(C(C)(C)CC)cc2N1CS(=O)(=O)[O-]. The summed E-state index contributed by atoms with van der Waals surface area (Å²) >= 11 is 0. The fraction of sp³-hybridized carbons (Fsp3) is 0.281. The van der Waals surface area contributed by atoms with Gasteiger partial charge in [0.25, 0.3) is 11.4 Å². The normalized spacial score (nSPS) is 15.2. The highest BCUT2D eigenvalue weighted by atomic mass is 32.2. The summed E-state index contributed by atoms with van der Waals surface area (Å²) in [5.74, 6) is -0.917. The zero-order valence-electron chi connectivity index (χ0n) is 24.8. The summed E-state index contributed by atoms with van der Waals surface area (Å²) in [6, 6.07) is 20.4. The van der Waals surface area contributed by atoms with Crippen LogP contribution in [-0.4, -0.2) is 31.8 Å². The van der Waals surface area contributed by atoms with Crippen LogP contribution in [0.25, 0.3) is 28.3 Å². The lowest BCUT2D eigenvalue weighted by molar-refractivity contribution is -0.658. The Morgan fingerprint density at radius 2 is 1.73 bits per heavy atom. The number of nitrogens with zero attached hydrogens (tertiary/aromatic N) is 2. The molecule has 0 fully saturated rings. The van der Waals surface area contributed by atoms with Gasteiger partial charge in [-0.25, -0.2) is 8.42 Å². The lowest BCUT2D eigenvalue weighted by Crippen LogP contribution is -2.39. The number of aromatic nitrogens is 1. The van der Waals surface area contributed by atoms with E-state index in [0.29, 0.717) is 34.5 Å². The molecule has 4 aromatic rings. The van der Waals surface area contributed by atoms with Gasteiger partial charge in [-0.3, -0.25) is 9.45 Å². The van der Waals surface area contributed by atoms with Gasteiger partial charge in [-0.15, -0.1) is 4.57 Å². The predicted octanol–water partition coefficient (Wildman–Crippen LogP) is 5.96. The minimum absolute atomic E-state index is 0.128. The number of ether oxygens (including phenoxy) is 1. The maximum Gasteiger partial charge on any atom is 0.375 e. The van der Waals surface area contributed by atoms with Gasteiger partial charge in [0, 0.05) is 12.1 Å². The van der Waals surface area contributed by atoms with Crippen molar-refractivity contribution in [2.75, 3.05) is 10.8 Å². The Morgan fingerprint density at radius 3 is 2.36 bits per heavy atom. The Labute approximate surface area is 257 Å². The van der Waals surface area contributed by atoms with E-state index in [1.807, 2.05) is 55.5 Å². The van der Waals surface area contributed by atoms with Crippen LogP contribution in [0.1, 0.15) is 52.0 Å². The highest BCUT2D eigenvalue weighted by Gasteiger charge is 2.31. The Hall–Kier alpha value is -3.97. The smallest absolute Gasteiger partial charge is 0.375 e. The van der Waals surface area contributed by atoms with Crippen molar-refractivity contribution in [3.05, 3.63) is 95.7 Å². The van der Waals surface area contributed by atoms with Crippen LogP contribution in [0.3, 0.4) is 0 Å². The minimum Gasteiger partial charge on any atom is -0.747 e. The summed E-state index contributed by atoms with van der Waals surface area (Å²) in [6.07, 6.45) is 4.44. The zero-order chi connectivity index (χ0) is 31.9. The van der Waals surface area contributed by atoms with E-state index in [1.54, 1.807) is 30.4 Å². The molecule has 10 nitrogen and oxygen atoms in total. The summed E-state index contributed by atoms with van der Waals surface area (Å²) in [5.41, 5.74) is 4.41. The van der Waals surface area contributed by atoms with Gasteiger partial charge in [-0.1, -0.05) is 70.2 Å². The molecule has 2 heterocycles. The number of hydrogen-bond donors (Lipinski definition) is 1. The fourth-order valence-electron chi connectivity index (χ4n) is 5.00. The molecule has 0 unspecified atom stereocenters. The van der Waals surface area contributed by atoms with Crippen molar-refractivity contribution in [2.45, 2.75) is 51.8 Å². The van der Waals surface area contributed by atoms with Crippen molar-refractivity contribution in [3.63, 3.8) is 0 Å². The monoisotopic (exact) mass is 638 g/mol. The van der Waals surface area contributed by atoms with Gasteiger partial charge >= 0.3 is 16.0 Å². The topological polar surface area (TPSA) is 141 Å². The molecular weight excluding hydrogens is 604 g/mol. The molecule has 0 aliphatic carbocycles. The Morgan fingerprint density at radius 1 is 1.00 bits per heavy atom. The van der Waals surface area contributed by atoms with Crippen LogP contribution in [0.4, 0.5) is 5.69 Å². The van der Waals surface area contributed by atoms with E-state index in [0.717, 1.165) is 23.1 Å².